The van der Waals surface area contributed by atoms with E-state index in [9.17, 15) is 10.1 Å². The number of methoxy groups -OCH3 is 1. The Morgan fingerprint density at radius 3 is 2.81 bits per heavy atom. The maximum atomic E-state index is 11.0. The molecule has 1 aromatic heterocycles. The quantitative estimate of drug-likeness (QED) is 0.643. The predicted octanol–water partition coefficient (Wildman–Crippen LogP) is 2.32. The monoisotopic (exact) mass is 292 g/mol. The first-order valence-corrected chi connectivity index (χ1v) is 6.44. The van der Waals surface area contributed by atoms with Gasteiger partial charge in [-0.1, -0.05) is 13.0 Å². The Labute approximate surface area is 121 Å². The lowest BCUT2D eigenvalue weighted by Crippen LogP contribution is -2.15. The summed E-state index contributed by atoms with van der Waals surface area (Å²) in [5.41, 5.74) is 0.256. The minimum Gasteiger partial charge on any atom is -0.490 e. The molecule has 2 aromatic rings. The number of aromatic nitrogens is 2. The van der Waals surface area contributed by atoms with E-state index in [1.807, 2.05) is 6.92 Å². The van der Waals surface area contributed by atoms with Crippen LogP contribution in [-0.2, 0) is 0 Å². The van der Waals surface area contributed by atoms with E-state index in [2.05, 4.69) is 15.5 Å². The van der Waals surface area contributed by atoms with Crippen LogP contribution in [0, 0.1) is 10.1 Å². The molecule has 0 aliphatic rings. The zero-order valence-electron chi connectivity index (χ0n) is 12.0. The molecular formula is C13H16N4O4. The molecule has 8 nitrogen and oxygen atoms in total. The lowest BCUT2D eigenvalue weighted by molar-refractivity contribution is -0.385. The normalized spacial score (nSPS) is 12.1. The number of benzene rings is 1. The summed E-state index contributed by atoms with van der Waals surface area (Å²) in [6.07, 6.45) is 0.782. The summed E-state index contributed by atoms with van der Waals surface area (Å²) < 4.78 is 10.7. The van der Waals surface area contributed by atoms with Crippen molar-refractivity contribution in [3.05, 3.63) is 34.2 Å². The van der Waals surface area contributed by atoms with E-state index in [0.717, 1.165) is 6.42 Å². The molecule has 1 atom stereocenters. The summed E-state index contributed by atoms with van der Waals surface area (Å²) >= 11 is 0. The molecule has 0 amide bonds. The number of nitrogens with one attached hydrogen (secondary N) is 1. The van der Waals surface area contributed by atoms with E-state index >= 15 is 0 Å². The van der Waals surface area contributed by atoms with Gasteiger partial charge in [0.05, 0.1) is 23.6 Å². The number of nitrogens with zero attached hydrogens (tertiary/aromatic N) is 3. The molecule has 1 unspecified atom stereocenters. The molecule has 21 heavy (non-hydrogen) atoms. The van der Waals surface area contributed by atoms with Gasteiger partial charge in [-0.25, -0.2) is 0 Å². The Hall–Kier alpha value is -2.48. The van der Waals surface area contributed by atoms with Gasteiger partial charge in [-0.05, 0) is 19.5 Å². The zero-order valence-corrected chi connectivity index (χ0v) is 12.0. The van der Waals surface area contributed by atoms with Crippen molar-refractivity contribution in [1.29, 1.82) is 0 Å². The summed E-state index contributed by atoms with van der Waals surface area (Å²) in [5, 5.41) is 22.0. The Bertz CT molecular complexity index is 637. The minimum atomic E-state index is -0.512. The summed E-state index contributed by atoms with van der Waals surface area (Å²) in [4.78, 5) is 10.5. The molecule has 0 aliphatic carbocycles. The average molecular weight is 292 g/mol. The molecule has 2 rings (SSSR count). The molecule has 112 valence electrons. The van der Waals surface area contributed by atoms with E-state index in [4.69, 9.17) is 9.15 Å². The fourth-order valence-electron chi connectivity index (χ4n) is 2.04. The van der Waals surface area contributed by atoms with Crippen LogP contribution < -0.4 is 10.1 Å². The third-order valence-corrected chi connectivity index (χ3v) is 3.12. The van der Waals surface area contributed by atoms with Gasteiger partial charge in [-0.15, -0.1) is 10.2 Å². The molecule has 0 aliphatic heterocycles. The molecule has 1 N–H and O–H groups in total. The topological polar surface area (TPSA) is 103 Å². The van der Waals surface area contributed by atoms with E-state index < -0.39 is 4.92 Å². The molecule has 0 saturated carbocycles. The van der Waals surface area contributed by atoms with Gasteiger partial charge in [0.15, 0.2) is 0 Å². The van der Waals surface area contributed by atoms with E-state index in [1.54, 1.807) is 19.2 Å². The highest BCUT2D eigenvalue weighted by atomic mass is 16.6. The second kappa shape index (κ2) is 6.31. The predicted molar refractivity (Wildman–Crippen MR) is 75.0 cm³/mol. The van der Waals surface area contributed by atoms with Gasteiger partial charge in [-0.2, -0.15) is 0 Å². The Balaban J connectivity index is 2.47. The van der Waals surface area contributed by atoms with E-state index in [1.165, 1.54) is 13.2 Å². The van der Waals surface area contributed by atoms with Gasteiger partial charge < -0.3 is 14.5 Å². The van der Waals surface area contributed by atoms with Crippen LogP contribution in [0.15, 0.2) is 22.6 Å². The van der Waals surface area contributed by atoms with E-state index in [0.29, 0.717) is 11.5 Å². The highest BCUT2D eigenvalue weighted by Crippen LogP contribution is 2.37. The Morgan fingerprint density at radius 1 is 1.48 bits per heavy atom. The van der Waals surface area contributed by atoms with Gasteiger partial charge in [0.25, 0.3) is 5.89 Å². The van der Waals surface area contributed by atoms with Crippen LogP contribution in [0.3, 0.4) is 0 Å². The second-order valence-electron chi connectivity index (χ2n) is 4.31. The average Bonchev–Trinajstić information content (AvgIpc) is 2.97. The van der Waals surface area contributed by atoms with Crippen molar-refractivity contribution in [2.75, 3.05) is 14.2 Å². The summed E-state index contributed by atoms with van der Waals surface area (Å²) in [6.45, 7) is 1.99. The largest absolute Gasteiger partial charge is 0.490 e. The fraction of sp³-hybridized carbons (Fsp3) is 0.385. The number of ether oxygens (including phenoxy) is 1. The van der Waals surface area contributed by atoms with Gasteiger partial charge >= 0.3 is 5.69 Å². The van der Waals surface area contributed by atoms with Crippen molar-refractivity contribution in [2.24, 2.45) is 0 Å². The van der Waals surface area contributed by atoms with Crippen molar-refractivity contribution in [3.8, 4) is 17.2 Å². The maximum Gasteiger partial charge on any atom is 0.311 e. The first-order chi connectivity index (χ1) is 10.1. The summed E-state index contributed by atoms with van der Waals surface area (Å²) in [6, 6.07) is 4.50. The van der Waals surface area contributed by atoms with Crippen molar-refractivity contribution >= 4 is 5.69 Å². The van der Waals surface area contributed by atoms with Crippen LogP contribution in [-0.4, -0.2) is 29.3 Å². The standard InChI is InChI=1S/C13H16N4O4/c1-4-9(14-2)13-16-15-12(21-13)8-6-5-7-10(17(18)19)11(8)20-3/h5-7,9,14H,4H2,1-3H3. The molecule has 1 heterocycles. The van der Waals surface area contributed by atoms with Gasteiger partial charge in [0, 0.05) is 6.07 Å². The van der Waals surface area contributed by atoms with Crippen LogP contribution in [0.1, 0.15) is 25.3 Å². The molecular weight excluding hydrogens is 276 g/mol. The van der Waals surface area contributed by atoms with Gasteiger partial charge in [-0.3, -0.25) is 10.1 Å². The van der Waals surface area contributed by atoms with Crippen molar-refractivity contribution in [3.63, 3.8) is 0 Å². The van der Waals surface area contributed by atoms with Crippen LogP contribution in [0.5, 0.6) is 5.75 Å². The van der Waals surface area contributed by atoms with Crippen molar-refractivity contribution in [2.45, 2.75) is 19.4 Å². The van der Waals surface area contributed by atoms with Crippen LogP contribution in [0.25, 0.3) is 11.5 Å². The molecule has 1 aromatic carbocycles. The van der Waals surface area contributed by atoms with E-state index in [-0.39, 0.29) is 23.4 Å². The number of rotatable bonds is 6. The molecule has 0 bridgehead atoms. The number of nitro benzene ring substituents is 1. The smallest absolute Gasteiger partial charge is 0.311 e. The van der Waals surface area contributed by atoms with Crippen molar-refractivity contribution in [1.82, 2.24) is 15.5 Å². The zero-order chi connectivity index (χ0) is 15.4. The summed E-state index contributed by atoms with van der Waals surface area (Å²) in [7, 11) is 3.16. The highest BCUT2D eigenvalue weighted by Gasteiger charge is 2.23. The minimum absolute atomic E-state index is 0.0593. The molecule has 0 fully saturated rings. The second-order valence-corrected chi connectivity index (χ2v) is 4.31. The lowest BCUT2D eigenvalue weighted by atomic mass is 10.1. The fourth-order valence-corrected chi connectivity index (χ4v) is 2.04. The van der Waals surface area contributed by atoms with Crippen molar-refractivity contribution < 1.29 is 14.1 Å². The van der Waals surface area contributed by atoms with Crippen LogP contribution in [0.4, 0.5) is 5.69 Å². The number of nitro groups is 1. The Morgan fingerprint density at radius 2 is 2.24 bits per heavy atom. The van der Waals surface area contributed by atoms with Crippen LogP contribution in [0.2, 0.25) is 0 Å². The molecule has 0 radical (unpaired) electrons. The third-order valence-electron chi connectivity index (χ3n) is 3.12. The third kappa shape index (κ3) is 2.84. The number of hydrogen-bond donors (Lipinski definition) is 1. The number of hydrogen-bond acceptors (Lipinski definition) is 7. The number of para-hydroxylation sites is 1. The maximum absolute atomic E-state index is 11.0. The first-order valence-electron chi connectivity index (χ1n) is 6.44. The van der Waals surface area contributed by atoms with Crippen LogP contribution >= 0.6 is 0 Å². The summed E-state index contributed by atoms with van der Waals surface area (Å²) in [5.74, 6) is 0.734. The Kier molecular flexibility index (Phi) is 4.49. The SMILES string of the molecule is CCC(NC)c1nnc(-c2cccc([N+](=O)[O-])c2OC)o1. The highest BCUT2D eigenvalue weighted by molar-refractivity contribution is 5.69. The molecule has 0 spiro atoms. The molecule has 0 saturated heterocycles. The van der Waals surface area contributed by atoms with Gasteiger partial charge in [0.2, 0.25) is 11.6 Å². The first kappa shape index (κ1) is 14.9. The lowest BCUT2D eigenvalue weighted by Gasteiger charge is -2.08. The molecule has 8 heteroatoms. The van der Waals surface area contributed by atoms with Gasteiger partial charge in [0.1, 0.15) is 0 Å².